The average molecular weight is 343 g/mol. The highest BCUT2D eigenvalue weighted by molar-refractivity contribution is 9.10. The summed E-state index contributed by atoms with van der Waals surface area (Å²) in [6.45, 7) is 0. The molecule has 0 unspecified atom stereocenters. The van der Waals surface area contributed by atoms with Crippen LogP contribution >= 0.6 is 15.9 Å². The van der Waals surface area contributed by atoms with Crippen LogP contribution in [-0.2, 0) is 9.47 Å². The maximum absolute atomic E-state index is 5.49. The van der Waals surface area contributed by atoms with Crippen LogP contribution in [0.15, 0.2) is 58.7 Å². The van der Waals surface area contributed by atoms with E-state index in [-0.39, 0.29) is 0 Å². The van der Waals surface area contributed by atoms with E-state index in [2.05, 4.69) is 27.0 Å². The molecule has 0 fully saturated rings. The number of fused-ring (bicyclic) bond motifs is 1. The first kappa shape index (κ1) is 13.8. The average Bonchev–Trinajstić information content (AvgIpc) is 2.55. The monoisotopic (exact) mass is 342 g/mol. The van der Waals surface area contributed by atoms with Gasteiger partial charge in [0.2, 0.25) is 5.76 Å². The van der Waals surface area contributed by atoms with Gasteiger partial charge in [0, 0.05) is 27.6 Å². The second kappa shape index (κ2) is 5.68. The fourth-order valence-corrected chi connectivity index (χ4v) is 2.87. The first-order chi connectivity index (χ1) is 10.3. The Bertz CT molecular complexity index is 790. The molecule has 1 aromatic carbocycles. The van der Waals surface area contributed by atoms with Gasteiger partial charge in [-0.1, -0.05) is 15.9 Å². The molecule has 0 radical (unpaired) electrons. The summed E-state index contributed by atoms with van der Waals surface area (Å²) in [6, 6.07) is 6.03. The quantitative estimate of drug-likeness (QED) is 0.781. The summed E-state index contributed by atoms with van der Waals surface area (Å²) in [6.07, 6.45) is 10.4. The van der Waals surface area contributed by atoms with Gasteiger partial charge in [0.05, 0.1) is 31.9 Å². The number of pyridine rings is 1. The standard InChI is InChI=1S/C17H13BrNO2/c1-20-15-4-3-5-16(21-2)17(15)12-6-7-14(18)13-10-19-9-8-11(12)13/h3-4,6-10H,1-2H3/q+1. The topological polar surface area (TPSA) is 31.4 Å². The first-order valence-electron chi connectivity index (χ1n) is 6.41. The van der Waals surface area contributed by atoms with E-state index >= 15 is 0 Å². The molecule has 1 aliphatic carbocycles. The van der Waals surface area contributed by atoms with Gasteiger partial charge in [0.1, 0.15) is 6.08 Å². The lowest BCUT2D eigenvalue weighted by Gasteiger charge is -2.11. The Morgan fingerprint density at radius 1 is 1.10 bits per heavy atom. The van der Waals surface area contributed by atoms with Gasteiger partial charge in [0.15, 0.2) is 5.57 Å². The number of methoxy groups -OCH3 is 2. The zero-order chi connectivity index (χ0) is 14.8. The van der Waals surface area contributed by atoms with E-state index < -0.39 is 0 Å². The van der Waals surface area contributed by atoms with Gasteiger partial charge in [0.25, 0.3) is 0 Å². The molecule has 1 aliphatic rings. The number of nitrogens with zero attached hydrogens (tertiary/aromatic N) is 1. The van der Waals surface area contributed by atoms with Gasteiger partial charge in [-0.3, -0.25) is 4.98 Å². The van der Waals surface area contributed by atoms with Crippen molar-refractivity contribution in [1.82, 2.24) is 4.98 Å². The summed E-state index contributed by atoms with van der Waals surface area (Å²) >= 11 is 3.56. The zero-order valence-corrected chi connectivity index (χ0v) is 13.3. The number of benzene rings is 1. The van der Waals surface area contributed by atoms with E-state index in [1.54, 1.807) is 26.5 Å². The molecule has 0 amide bonds. The van der Waals surface area contributed by atoms with Crippen LogP contribution in [0.2, 0.25) is 0 Å². The number of rotatable bonds is 3. The Hall–Kier alpha value is -2.16. The zero-order valence-electron chi connectivity index (χ0n) is 11.7. The Morgan fingerprint density at radius 2 is 1.95 bits per heavy atom. The molecule has 0 saturated carbocycles. The summed E-state index contributed by atoms with van der Waals surface area (Å²) in [7, 11) is 3.29. The third-order valence-corrected chi connectivity index (χ3v) is 4.07. The highest BCUT2D eigenvalue weighted by Crippen LogP contribution is 2.37. The van der Waals surface area contributed by atoms with E-state index in [4.69, 9.17) is 9.47 Å². The third kappa shape index (κ3) is 2.33. The molecule has 104 valence electrons. The molecule has 0 bridgehead atoms. The molecule has 0 atom stereocenters. The predicted octanol–water partition coefficient (Wildman–Crippen LogP) is 4.26. The van der Waals surface area contributed by atoms with Crippen molar-refractivity contribution >= 4 is 32.3 Å². The highest BCUT2D eigenvalue weighted by Gasteiger charge is 2.28. The van der Waals surface area contributed by atoms with Crippen LogP contribution in [-0.4, -0.2) is 19.2 Å². The number of aromatic nitrogens is 1. The Balaban J connectivity index is 2.34. The summed E-state index contributed by atoms with van der Waals surface area (Å²) in [5.41, 5.74) is 1.92. The molecule has 2 aromatic rings. The molecular formula is C17H13BrNO2+. The number of ether oxygens (including phenoxy) is 2. The lowest BCUT2D eigenvalue weighted by molar-refractivity contribution is 0.288. The minimum absolute atomic E-state index is 0.662. The lowest BCUT2D eigenvalue weighted by Crippen LogP contribution is -2.02. The van der Waals surface area contributed by atoms with Gasteiger partial charge in [-0.25, -0.2) is 0 Å². The van der Waals surface area contributed by atoms with Crippen LogP contribution in [0.3, 0.4) is 0 Å². The van der Waals surface area contributed by atoms with Gasteiger partial charge < -0.3 is 9.47 Å². The van der Waals surface area contributed by atoms with Crippen molar-refractivity contribution in [2.45, 2.75) is 0 Å². The number of halogens is 1. The molecule has 0 N–H and O–H groups in total. The van der Waals surface area contributed by atoms with Crippen LogP contribution in [0.25, 0.3) is 16.3 Å². The van der Waals surface area contributed by atoms with Gasteiger partial charge in [-0.15, -0.1) is 0 Å². The fourth-order valence-electron chi connectivity index (χ4n) is 2.42. The van der Waals surface area contributed by atoms with Crippen molar-refractivity contribution in [2.24, 2.45) is 0 Å². The molecule has 3 nitrogen and oxygen atoms in total. The summed E-state index contributed by atoms with van der Waals surface area (Å²) in [4.78, 5) is 4.19. The summed E-state index contributed by atoms with van der Waals surface area (Å²) in [5.74, 6) is 1.42. The summed E-state index contributed by atoms with van der Waals surface area (Å²) < 4.78 is 12.0. The maximum atomic E-state index is 5.49. The van der Waals surface area contributed by atoms with Crippen LogP contribution in [0.1, 0.15) is 5.56 Å². The Morgan fingerprint density at radius 3 is 2.71 bits per heavy atom. The van der Waals surface area contributed by atoms with Gasteiger partial charge >= 0.3 is 5.76 Å². The maximum Gasteiger partial charge on any atom is 0.301 e. The molecular weight excluding hydrogens is 330 g/mol. The molecule has 1 aromatic heterocycles. The van der Waals surface area contributed by atoms with Crippen molar-refractivity contribution < 1.29 is 9.47 Å². The molecule has 1 heterocycles. The van der Waals surface area contributed by atoms with Crippen molar-refractivity contribution in [3.8, 4) is 0 Å². The van der Waals surface area contributed by atoms with Crippen molar-refractivity contribution in [2.75, 3.05) is 14.2 Å². The lowest BCUT2D eigenvalue weighted by atomic mass is 9.95. The van der Waals surface area contributed by atoms with E-state index in [1.165, 1.54) is 0 Å². The minimum atomic E-state index is 0.662. The van der Waals surface area contributed by atoms with Crippen LogP contribution in [0.5, 0.6) is 0 Å². The molecule has 0 spiro atoms. The summed E-state index contributed by atoms with van der Waals surface area (Å²) in [5, 5.41) is 2.12. The van der Waals surface area contributed by atoms with Crippen molar-refractivity contribution in [1.29, 1.82) is 0 Å². The van der Waals surface area contributed by atoms with E-state index in [0.29, 0.717) is 5.76 Å². The highest BCUT2D eigenvalue weighted by atomic mass is 79.9. The molecule has 3 rings (SSSR count). The third-order valence-electron chi connectivity index (χ3n) is 3.38. The van der Waals surface area contributed by atoms with Gasteiger partial charge in [-0.2, -0.15) is 0 Å². The number of hydrogen-bond donors (Lipinski definition) is 0. The van der Waals surface area contributed by atoms with Crippen LogP contribution < -0.4 is 0 Å². The predicted molar refractivity (Wildman–Crippen MR) is 86.3 cm³/mol. The van der Waals surface area contributed by atoms with E-state index in [1.807, 2.05) is 30.5 Å². The fraction of sp³-hybridized carbons (Fsp3) is 0.118. The van der Waals surface area contributed by atoms with E-state index in [0.717, 1.165) is 32.1 Å². The molecule has 0 saturated heterocycles. The Kier molecular flexibility index (Phi) is 3.74. The normalized spacial score (nSPS) is 14.0. The van der Waals surface area contributed by atoms with E-state index in [9.17, 15) is 0 Å². The van der Waals surface area contributed by atoms with Crippen molar-refractivity contribution in [3.63, 3.8) is 0 Å². The van der Waals surface area contributed by atoms with Crippen LogP contribution in [0, 0.1) is 6.08 Å². The largest absolute Gasteiger partial charge is 0.475 e. The molecule has 21 heavy (non-hydrogen) atoms. The number of hydrogen-bond acceptors (Lipinski definition) is 3. The molecule has 4 heteroatoms. The first-order valence-corrected chi connectivity index (χ1v) is 7.21. The smallest absolute Gasteiger partial charge is 0.301 e. The second-order valence-corrected chi connectivity index (χ2v) is 5.32. The Labute approximate surface area is 131 Å². The van der Waals surface area contributed by atoms with Gasteiger partial charge in [-0.05, 0) is 18.2 Å². The van der Waals surface area contributed by atoms with Crippen LogP contribution in [0.4, 0.5) is 0 Å². The number of allylic oxidation sites excluding steroid dienone is 4. The van der Waals surface area contributed by atoms with Crippen molar-refractivity contribution in [3.05, 3.63) is 70.4 Å². The molecule has 0 aliphatic heterocycles. The second-order valence-electron chi connectivity index (χ2n) is 4.47. The SMILES string of the molecule is COC1=[C+]C=CC(OC)=C1c1ccc(Br)c2cnccc12. The minimum Gasteiger partial charge on any atom is -0.475 e.